The van der Waals surface area contributed by atoms with E-state index in [2.05, 4.69) is 29.6 Å². The third-order valence-electron chi connectivity index (χ3n) is 2.90. The van der Waals surface area contributed by atoms with Crippen LogP contribution in [0.3, 0.4) is 0 Å². The molecule has 1 amide bonds. The summed E-state index contributed by atoms with van der Waals surface area (Å²) in [7, 11) is 0. The van der Waals surface area contributed by atoms with Gasteiger partial charge in [0.05, 0.1) is 6.04 Å². The Morgan fingerprint density at radius 3 is 3.12 bits per heavy atom. The van der Waals surface area contributed by atoms with Gasteiger partial charge in [-0.25, -0.2) is 0 Å². The van der Waals surface area contributed by atoms with Gasteiger partial charge in [-0.2, -0.15) is 0 Å². The van der Waals surface area contributed by atoms with E-state index in [1.807, 2.05) is 11.8 Å². The maximum Gasteiger partial charge on any atom is 0.234 e. The van der Waals surface area contributed by atoms with E-state index in [0.29, 0.717) is 5.92 Å². The van der Waals surface area contributed by atoms with E-state index in [9.17, 15) is 4.79 Å². The number of primary amides is 1. The molecule has 0 saturated heterocycles. The van der Waals surface area contributed by atoms with Gasteiger partial charge in [-0.3, -0.25) is 4.79 Å². The Bertz CT molecular complexity index is 394. The Morgan fingerprint density at radius 2 is 2.38 bits per heavy atom. The summed E-state index contributed by atoms with van der Waals surface area (Å²) in [5.74, 6) is 1.28. The highest BCUT2D eigenvalue weighted by molar-refractivity contribution is 7.99. The maximum atomic E-state index is 10.9. The average Bonchev–Trinajstić information content (AvgIpc) is 2.69. The first-order chi connectivity index (χ1) is 7.68. The van der Waals surface area contributed by atoms with Crippen LogP contribution in [0, 0.1) is 0 Å². The Kier molecular flexibility index (Phi) is 3.51. The van der Waals surface area contributed by atoms with Gasteiger partial charge >= 0.3 is 0 Å². The molecule has 1 aromatic rings. The monoisotopic (exact) mass is 236 g/mol. The van der Waals surface area contributed by atoms with Crippen LogP contribution in [0.5, 0.6) is 0 Å². The summed E-state index contributed by atoms with van der Waals surface area (Å²) in [4.78, 5) is 12.3. The van der Waals surface area contributed by atoms with Gasteiger partial charge in [0.25, 0.3) is 0 Å². The van der Waals surface area contributed by atoms with Crippen molar-refractivity contribution in [1.29, 1.82) is 0 Å². The van der Waals surface area contributed by atoms with Gasteiger partial charge in [-0.05, 0) is 18.6 Å². The number of nitrogens with one attached hydrogen (secondary N) is 1. The summed E-state index contributed by atoms with van der Waals surface area (Å²) in [6.07, 6.45) is 0. The summed E-state index contributed by atoms with van der Waals surface area (Å²) in [5, 5.41) is 3.18. The molecule has 1 aliphatic heterocycles. The van der Waals surface area contributed by atoms with Gasteiger partial charge in [0.2, 0.25) is 5.91 Å². The standard InChI is InChI=1S/C12H16N2OS/c1-8(12(13)15)14-6-9-7-16-11-5-3-2-4-10(9)11/h2-5,8-9,14H,6-7H2,1H3,(H2,13,15). The molecule has 1 aliphatic rings. The SMILES string of the molecule is CC(NCC1CSc2ccccc21)C(N)=O. The normalized spacial score (nSPS) is 20.4. The van der Waals surface area contributed by atoms with E-state index in [-0.39, 0.29) is 11.9 Å². The van der Waals surface area contributed by atoms with E-state index < -0.39 is 0 Å². The summed E-state index contributed by atoms with van der Waals surface area (Å²) >= 11 is 1.88. The molecule has 3 N–H and O–H groups in total. The molecule has 4 heteroatoms. The Balaban J connectivity index is 1.96. The molecule has 0 saturated carbocycles. The van der Waals surface area contributed by atoms with Crippen LogP contribution in [0.15, 0.2) is 29.2 Å². The molecule has 0 aromatic heterocycles. The highest BCUT2D eigenvalue weighted by Gasteiger charge is 2.23. The summed E-state index contributed by atoms with van der Waals surface area (Å²) in [6, 6.07) is 8.19. The Labute approximate surface area is 99.8 Å². The first-order valence-electron chi connectivity index (χ1n) is 5.43. The van der Waals surface area contributed by atoms with Gasteiger partial charge in [0, 0.05) is 23.1 Å². The van der Waals surface area contributed by atoms with Gasteiger partial charge in [-0.1, -0.05) is 18.2 Å². The van der Waals surface area contributed by atoms with E-state index in [1.165, 1.54) is 10.5 Å². The van der Waals surface area contributed by atoms with Crippen molar-refractivity contribution in [3.8, 4) is 0 Å². The molecule has 0 spiro atoms. The number of nitrogens with two attached hydrogens (primary N) is 1. The Hall–Kier alpha value is -1.00. The molecule has 1 aromatic carbocycles. The lowest BCUT2D eigenvalue weighted by atomic mass is 10.0. The fraction of sp³-hybridized carbons (Fsp3) is 0.417. The third-order valence-corrected chi connectivity index (χ3v) is 4.15. The fourth-order valence-corrected chi connectivity index (χ4v) is 3.07. The molecule has 0 radical (unpaired) electrons. The lowest BCUT2D eigenvalue weighted by Crippen LogP contribution is -2.40. The lowest BCUT2D eigenvalue weighted by molar-refractivity contribution is -0.119. The number of rotatable bonds is 4. The number of thioether (sulfide) groups is 1. The fourth-order valence-electron chi connectivity index (χ4n) is 1.82. The molecular formula is C12H16N2OS. The predicted octanol–water partition coefficient (Wildman–Crippen LogP) is 1.34. The van der Waals surface area contributed by atoms with Gasteiger partial charge in [0.15, 0.2) is 0 Å². The van der Waals surface area contributed by atoms with Crippen molar-refractivity contribution >= 4 is 17.7 Å². The molecule has 0 bridgehead atoms. The van der Waals surface area contributed by atoms with Crippen LogP contribution in [0.2, 0.25) is 0 Å². The zero-order valence-corrected chi connectivity index (χ0v) is 10.1. The van der Waals surface area contributed by atoms with Crippen LogP contribution < -0.4 is 11.1 Å². The van der Waals surface area contributed by atoms with Crippen LogP contribution in [0.1, 0.15) is 18.4 Å². The molecule has 0 aliphatic carbocycles. The highest BCUT2D eigenvalue weighted by Crippen LogP contribution is 2.38. The number of fused-ring (bicyclic) bond motifs is 1. The second-order valence-electron chi connectivity index (χ2n) is 4.08. The van der Waals surface area contributed by atoms with E-state index in [1.54, 1.807) is 6.92 Å². The topological polar surface area (TPSA) is 55.1 Å². The first kappa shape index (κ1) is 11.5. The molecular weight excluding hydrogens is 220 g/mol. The van der Waals surface area contributed by atoms with E-state index in [0.717, 1.165) is 12.3 Å². The molecule has 86 valence electrons. The van der Waals surface area contributed by atoms with Crippen molar-refractivity contribution < 1.29 is 4.79 Å². The predicted molar refractivity (Wildman–Crippen MR) is 66.6 cm³/mol. The smallest absolute Gasteiger partial charge is 0.234 e. The van der Waals surface area contributed by atoms with Gasteiger partial charge in [-0.15, -0.1) is 11.8 Å². The molecule has 3 nitrogen and oxygen atoms in total. The number of amides is 1. The number of carbonyl (C=O) groups excluding carboxylic acids is 1. The third kappa shape index (κ3) is 2.39. The second-order valence-corrected chi connectivity index (χ2v) is 5.14. The highest BCUT2D eigenvalue weighted by atomic mass is 32.2. The molecule has 2 atom stereocenters. The van der Waals surface area contributed by atoms with E-state index in [4.69, 9.17) is 5.73 Å². The first-order valence-corrected chi connectivity index (χ1v) is 6.41. The van der Waals surface area contributed by atoms with E-state index >= 15 is 0 Å². The number of benzene rings is 1. The summed E-state index contributed by atoms with van der Waals surface area (Å²) in [6.45, 7) is 2.62. The second kappa shape index (κ2) is 4.89. The van der Waals surface area contributed by atoms with Gasteiger partial charge in [0.1, 0.15) is 0 Å². The number of hydrogen-bond acceptors (Lipinski definition) is 3. The molecule has 1 heterocycles. The van der Waals surface area contributed by atoms with Crippen LogP contribution in [-0.4, -0.2) is 24.2 Å². The molecule has 2 unspecified atom stereocenters. The number of hydrogen-bond donors (Lipinski definition) is 2. The zero-order chi connectivity index (χ0) is 11.5. The number of carbonyl (C=O) groups is 1. The maximum absolute atomic E-state index is 10.9. The van der Waals surface area contributed by atoms with Crippen molar-refractivity contribution in [1.82, 2.24) is 5.32 Å². The van der Waals surface area contributed by atoms with Crippen molar-refractivity contribution in [3.05, 3.63) is 29.8 Å². The minimum Gasteiger partial charge on any atom is -0.368 e. The van der Waals surface area contributed by atoms with Crippen molar-refractivity contribution in [2.45, 2.75) is 23.8 Å². The lowest BCUT2D eigenvalue weighted by Gasteiger charge is -2.15. The zero-order valence-electron chi connectivity index (χ0n) is 9.27. The van der Waals surface area contributed by atoms with Crippen molar-refractivity contribution in [2.75, 3.05) is 12.3 Å². The van der Waals surface area contributed by atoms with Crippen LogP contribution in [0.4, 0.5) is 0 Å². The van der Waals surface area contributed by atoms with Crippen LogP contribution in [0.25, 0.3) is 0 Å². The summed E-state index contributed by atoms with van der Waals surface area (Å²) < 4.78 is 0. The van der Waals surface area contributed by atoms with Crippen molar-refractivity contribution in [3.63, 3.8) is 0 Å². The van der Waals surface area contributed by atoms with Crippen molar-refractivity contribution in [2.24, 2.45) is 5.73 Å². The minimum absolute atomic E-state index is 0.252. The van der Waals surface area contributed by atoms with Crippen LogP contribution >= 0.6 is 11.8 Å². The average molecular weight is 236 g/mol. The molecule has 0 fully saturated rings. The minimum atomic E-state index is -0.293. The van der Waals surface area contributed by atoms with Gasteiger partial charge < -0.3 is 11.1 Å². The van der Waals surface area contributed by atoms with Crippen LogP contribution in [-0.2, 0) is 4.79 Å². The largest absolute Gasteiger partial charge is 0.368 e. The Morgan fingerprint density at radius 1 is 1.62 bits per heavy atom. The molecule has 16 heavy (non-hydrogen) atoms. The molecule has 2 rings (SSSR count). The quantitative estimate of drug-likeness (QED) is 0.829. The summed E-state index contributed by atoms with van der Waals surface area (Å²) in [5.41, 5.74) is 6.59.